The summed E-state index contributed by atoms with van der Waals surface area (Å²) in [4.78, 5) is 23.6. The van der Waals surface area contributed by atoms with Crippen LogP contribution in [0, 0.1) is 0 Å². The van der Waals surface area contributed by atoms with Gasteiger partial charge in [0.15, 0.2) is 0 Å². The van der Waals surface area contributed by atoms with Crippen molar-refractivity contribution in [3.8, 4) is 0 Å². The van der Waals surface area contributed by atoms with Gasteiger partial charge in [-0.2, -0.15) is 0 Å². The maximum absolute atomic E-state index is 11.3. The van der Waals surface area contributed by atoms with Gasteiger partial charge >= 0.3 is 5.97 Å². The van der Waals surface area contributed by atoms with E-state index in [9.17, 15) is 9.59 Å². The van der Waals surface area contributed by atoms with Crippen molar-refractivity contribution in [2.75, 3.05) is 20.7 Å². The lowest BCUT2D eigenvalue weighted by Gasteiger charge is -2.15. The Balaban J connectivity index is 3.71. The number of hydrogen-bond acceptors (Lipinski definition) is 3. The fourth-order valence-corrected chi connectivity index (χ4v) is 0.902. The first-order chi connectivity index (χ1) is 6.61. The summed E-state index contributed by atoms with van der Waals surface area (Å²) in [5.41, 5.74) is 0. The molecular formula is C10H17NO3. The summed E-state index contributed by atoms with van der Waals surface area (Å²) >= 11 is 0. The van der Waals surface area contributed by atoms with Crippen LogP contribution in [-0.4, -0.2) is 37.5 Å². The van der Waals surface area contributed by atoms with Crippen LogP contribution in [0.15, 0.2) is 12.7 Å². The zero-order chi connectivity index (χ0) is 11.0. The largest absolute Gasteiger partial charge is 0.469 e. The Morgan fingerprint density at radius 3 is 2.57 bits per heavy atom. The highest BCUT2D eigenvalue weighted by Crippen LogP contribution is 1.97. The Kier molecular flexibility index (Phi) is 6.45. The molecule has 80 valence electrons. The second-order valence-corrected chi connectivity index (χ2v) is 2.97. The van der Waals surface area contributed by atoms with E-state index < -0.39 is 0 Å². The predicted octanol–water partition coefficient (Wildman–Crippen LogP) is 0.974. The molecule has 14 heavy (non-hydrogen) atoms. The van der Waals surface area contributed by atoms with E-state index in [0.717, 1.165) is 0 Å². The molecule has 0 radical (unpaired) electrons. The van der Waals surface area contributed by atoms with Gasteiger partial charge in [-0.15, -0.1) is 6.58 Å². The molecule has 0 saturated carbocycles. The first-order valence-corrected chi connectivity index (χ1v) is 4.53. The molecule has 0 spiro atoms. The van der Waals surface area contributed by atoms with Gasteiger partial charge in [-0.25, -0.2) is 0 Å². The van der Waals surface area contributed by atoms with Crippen molar-refractivity contribution >= 4 is 11.9 Å². The molecule has 0 aliphatic rings. The number of hydrogen-bond donors (Lipinski definition) is 0. The molecule has 0 heterocycles. The third kappa shape index (κ3) is 5.35. The molecule has 0 fully saturated rings. The second-order valence-electron chi connectivity index (χ2n) is 2.97. The number of ether oxygens (including phenoxy) is 1. The fourth-order valence-electron chi connectivity index (χ4n) is 0.902. The molecule has 0 aliphatic heterocycles. The average Bonchev–Trinajstić information content (AvgIpc) is 2.21. The molecule has 1 amide bonds. The van der Waals surface area contributed by atoms with Crippen molar-refractivity contribution in [2.45, 2.75) is 19.3 Å². The van der Waals surface area contributed by atoms with E-state index in [4.69, 9.17) is 0 Å². The molecule has 0 N–H and O–H groups in total. The van der Waals surface area contributed by atoms with Crippen LogP contribution in [0.5, 0.6) is 0 Å². The van der Waals surface area contributed by atoms with E-state index in [1.807, 2.05) is 0 Å². The summed E-state index contributed by atoms with van der Waals surface area (Å²) in [7, 11) is 3.01. The number of methoxy groups -OCH3 is 1. The summed E-state index contributed by atoms with van der Waals surface area (Å²) in [5.74, 6) is -0.276. The highest BCUT2D eigenvalue weighted by molar-refractivity contribution is 5.77. The molecule has 0 bridgehead atoms. The van der Waals surface area contributed by atoms with Crippen molar-refractivity contribution in [1.82, 2.24) is 4.90 Å². The second kappa shape index (κ2) is 7.12. The van der Waals surface area contributed by atoms with Gasteiger partial charge in [0.2, 0.25) is 5.91 Å². The minimum absolute atomic E-state index is 0.0220. The molecule has 0 saturated heterocycles. The van der Waals surface area contributed by atoms with Crippen LogP contribution in [-0.2, 0) is 14.3 Å². The number of amides is 1. The first kappa shape index (κ1) is 12.7. The van der Waals surface area contributed by atoms with E-state index in [1.54, 1.807) is 13.1 Å². The maximum Gasteiger partial charge on any atom is 0.307 e. The molecule has 0 aromatic rings. The Morgan fingerprint density at radius 1 is 1.43 bits per heavy atom. The maximum atomic E-state index is 11.3. The number of carbonyl (C=O) groups is 2. The highest BCUT2D eigenvalue weighted by atomic mass is 16.5. The third-order valence-corrected chi connectivity index (χ3v) is 1.87. The summed E-state index contributed by atoms with van der Waals surface area (Å²) in [5, 5.41) is 0. The molecule has 0 unspecified atom stereocenters. The molecule has 0 aromatic heterocycles. The standard InChI is InChI=1S/C10H17NO3/c1-4-5-6-9(12)11(2)8-7-10(13)14-3/h4H,1,5-8H2,2-3H3. The van der Waals surface area contributed by atoms with Gasteiger partial charge in [-0.05, 0) is 6.42 Å². The van der Waals surface area contributed by atoms with Crippen molar-refractivity contribution in [2.24, 2.45) is 0 Å². The molecule has 0 aromatic carbocycles. The summed E-state index contributed by atoms with van der Waals surface area (Å²) in [6.07, 6.45) is 3.06. The van der Waals surface area contributed by atoms with E-state index >= 15 is 0 Å². The minimum atomic E-state index is -0.298. The molecule has 4 nitrogen and oxygen atoms in total. The SMILES string of the molecule is C=CCCC(=O)N(C)CCC(=O)OC. The zero-order valence-electron chi connectivity index (χ0n) is 8.78. The van der Waals surface area contributed by atoms with E-state index in [0.29, 0.717) is 19.4 Å². The summed E-state index contributed by atoms with van der Waals surface area (Å²) in [6, 6.07) is 0. The van der Waals surface area contributed by atoms with Crippen LogP contribution in [0.25, 0.3) is 0 Å². The zero-order valence-corrected chi connectivity index (χ0v) is 8.78. The van der Waals surface area contributed by atoms with Gasteiger partial charge < -0.3 is 9.64 Å². The first-order valence-electron chi connectivity index (χ1n) is 4.53. The molecular weight excluding hydrogens is 182 g/mol. The average molecular weight is 199 g/mol. The fraction of sp³-hybridized carbons (Fsp3) is 0.600. The monoisotopic (exact) mass is 199 g/mol. The Bertz CT molecular complexity index is 213. The third-order valence-electron chi connectivity index (χ3n) is 1.87. The number of rotatable bonds is 6. The van der Waals surface area contributed by atoms with Crippen LogP contribution in [0.4, 0.5) is 0 Å². The van der Waals surface area contributed by atoms with Gasteiger partial charge in [0, 0.05) is 20.0 Å². The van der Waals surface area contributed by atoms with Crippen LogP contribution in [0.2, 0.25) is 0 Å². The Labute approximate surface area is 84.5 Å². The minimum Gasteiger partial charge on any atom is -0.469 e. The van der Waals surface area contributed by atoms with Crippen LogP contribution >= 0.6 is 0 Å². The Morgan fingerprint density at radius 2 is 2.07 bits per heavy atom. The van der Waals surface area contributed by atoms with Gasteiger partial charge in [0.1, 0.15) is 0 Å². The predicted molar refractivity (Wildman–Crippen MR) is 53.7 cm³/mol. The number of nitrogens with zero attached hydrogens (tertiary/aromatic N) is 1. The van der Waals surface area contributed by atoms with E-state index in [2.05, 4.69) is 11.3 Å². The number of carbonyl (C=O) groups excluding carboxylic acids is 2. The highest BCUT2D eigenvalue weighted by Gasteiger charge is 2.09. The van der Waals surface area contributed by atoms with Crippen LogP contribution in [0.1, 0.15) is 19.3 Å². The summed E-state index contributed by atoms with van der Waals surface area (Å²) in [6.45, 7) is 3.94. The van der Waals surface area contributed by atoms with Crippen molar-refractivity contribution in [1.29, 1.82) is 0 Å². The smallest absolute Gasteiger partial charge is 0.307 e. The topological polar surface area (TPSA) is 46.6 Å². The van der Waals surface area contributed by atoms with Crippen molar-refractivity contribution in [3.05, 3.63) is 12.7 Å². The quantitative estimate of drug-likeness (QED) is 0.473. The van der Waals surface area contributed by atoms with Crippen LogP contribution < -0.4 is 0 Å². The van der Waals surface area contributed by atoms with E-state index in [-0.39, 0.29) is 18.3 Å². The molecule has 0 atom stereocenters. The van der Waals surface area contributed by atoms with E-state index in [1.165, 1.54) is 12.0 Å². The lowest BCUT2D eigenvalue weighted by Crippen LogP contribution is -2.28. The molecule has 4 heteroatoms. The van der Waals surface area contributed by atoms with Crippen LogP contribution in [0.3, 0.4) is 0 Å². The molecule has 0 aliphatic carbocycles. The van der Waals surface area contributed by atoms with Gasteiger partial charge in [-0.3, -0.25) is 9.59 Å². The van der Waals surface area contributed by atoms with Gasteiger partial charge in [-0.1, -0.05) is 6.08 Å². The van der Waals surface area contributed by atoms with Crippen molar-refractivity contribution in [3.63, 3.8) is 0 Å². The molecule has 0 rings (SSSR count). The van der Waals surface area contributed by atoms with Gasteiger partial charge in [0.25, 0.3) is 0 Å². The number of esters is 1. The van der Waals surface area contributed by atoms with Gasteiger partial charge in [0.05, 0.1) is 13.5 Å². The lowest BCUT2D eigenvalue weighted by atomic mass is 10.2. The number of allylic oxidation sites excluding steroid dienone is 1. The summed E-state index contributed by atoms with van der Waals surface area (Å²) < 4.78 is 4.47. The Hall–Kier alpha value is -1.32. The van der Waals surface area contributed by atoms with Crippen molar-refractivity contribution < 1.29 is 14.3 Å². The normalized spacial score (nSPS) is 9.29. The lowest BCUT2D eigenvalue weighted by molar-refractivity contribution is -0.141.